The van der Waals surface area contributed by atoms with Crippen LogP contribution in [0.3, 0.4) is 0 Å². The van der Waals surface area contributed by atoms with Gasteiger partial charge in [-0.1, -0.05) is 5.21 Å². The Morgan fingerprint density at radius 3 is 2.67 bits per heavy atom. The van der Waals surface area contributed by atoms with E-state index in [1.165, 1.54) is 12.1 Å². The van der Waals surface area contributed by atoms with E-state index in [0.29, 0.717) is 12.0 Å². The molecule has 2 heterocycles. The first-order valence-electron chi connectivity index (χ1n) is 7.97. The molecule has 3 rings (SSSR count). The van der Waals surface area contributed by atoms with E-state index < -0.39 is 11.6 Å². The summed E-state index contributed by atoms with van der Waals surface area (Å²) in [5, 5.41) is 13.9. The Kier molecular flexibility index (Phi) is 5.14. The van der Waals surface area contributed by atoms with Crippen molar-refractivity contribution in [3.63, 3.8) is 0 Å². The Morgan fingerprint density at radius 1 is 1.25 bits per heavy atom. The van der Waals surface area contributed by atoms with Crippen molar-refractivity contribution in [2.75, 3.05) is 19.6 Å². The van der Waals surface area contributed by atoms with Gasteiger partial charge in [-0.05, 0) is 50.0 Å². The summed E-state index contributed by atoms with van der Waals surface area (Å²) >= 11 is 0. The topological polar surface area (TPSA) is 71.8 Å². The molecule has 8 heteroatoms. The molecule has 1 aliphatic heterocycles. The van der Waals surface area contributed by atoms with E-state index in [-0.39, 0.29) is 24.2 Å². The summed E-state index contributed by atoms with van der Waals surface area (Å²) in [5.74, 6) is -1.59. The summed E-state index contributed by atoms with van der Waals surface area (Å²) in [6, 6.07) is 3.59. The first kappa shape index (κ1) is 16.5. The van der Waals surface area contributed by atoms with Crippen LogP contribution in [-0.2, 0) is 6.42 Å². The number of nitrogens with zero attached hydrogens (tertiary/aromatic N) is 3. The molecule has 24 heavy (non-hydrogen) atoms. The lowest BCUT2D eigenvalue weighted by molar-refractivity contribution is 0.0949. The van der Waals surface area contributed by atoms with Gasteiger partial charge in [-0.25, -0.2) is 13.5 Å². The molecular formula is C16H19F2N5O. The summed E-state index contributed by atoms with van der Waals surface area (Å²) in [5.41, 5.74) is 0.741. The summed E-state index contributed by atoms with van der Waals surface area (Å²) in [4.78, 5) is 12.1. The second kappa shape index (κ2) is 7.48. The van der Waals surface area contributed by atoms with Gasteiger partial charge in [0.1, 0.15) is 11.6 Å². The fourth-order valence-electron chi connectivity index (χ4n) is 2.80. The van der Waals surface area contributed by atoms with E-state index >= 15 is 0 Å². The highest BCUT2D eigenvalue weighted by atomic mass is 19.1. The average molecular weight is 335 g/mol. The van der Waals surface area contributed by atoms with Gasteiger partial charge in [0.2, 0.25) is 0 Å². The minimum absolute atomic E-state index is 0.249. The highest BCUT2D eigenvalue weighted by molar-refractivity contribution is 5.91. The Morgan fingerprint density at radius 2 is 1.96 bits per heavy atom. The van der Waals surface area contributed by atoms with E-state index in [9.17, 15) is 13.6 Å². The Balaban J connectivity index is 1.52. The van der Waals surface area contributed by atoms with Gasteiger partial charge in [0, 0.05) is 12.6 Å². The van der Waals surface area contributed by atoms with Gasteiger partial charge in [-0.15, -0.1) is 5.10 Å². The third kappa shape index (κ3) is 4.14. The summed E-state index contributed by atoms with van der Waals surface area (Å²) in [7, 11) is 0. The van der Waals surface area contributed by atoms with Gasteiger partial charge in [-0.2, -0.15) is 0 Å². The van der Waals surface area contributed by atoms with Crippen LogP contribution in [0.1, 0.15) is 34.9 Å². The molecule has 0 radical (unpaired) electrons. The third-order valence-electron chi connectivity index (χ3n) is 4.05. The van der Waals surface area contributed by atoms with E-state index in [4.69, 9.17) is 0 Å². The number of hydrogen-bond donors (Lipinski definition) is 2. The number of rotatable bonds is 5. The average Bonchev–Trinajstić information content (AvgIpc) is 3.05. The van der Waals surface area contributed by atoms with Crippen LogP contribution in [0.25, 0.3) is 0 Å². The van der Waals surface area contributed by atoms with Gasteiger partial charge in [-0.3, -0.25) is 4.79 Å². The number of halogens is 2. The van der Waals surface area contributed by atoms with Gasteiger partial charge in [0.15, 0.2) is 5.69 Å². The minimum atomic E-state index is -0.624. The highest BCUT2D eigenvalue weighted by Crippen LogP contribution is 2.17. The number of nitrogens with one attached hydrogen (secondary N) is 2. The van der Waals surface area contributed by atoms with Crippen molar-refractivity contribution >= 4 is 5.91 Å². The van der Waals surface area contributed by atoms with Crippen molar-refractivity contribution in [1.82, 2.24) is 25.6 Å². The SMILES string of the molecule is O=C(NCCc1cc(F)cc(F)c1)c1cn(C2CCNCC2)nn1. The maximum absolute atomic E-state index is 13.1. The third-order valence-corrected chi connectivity index (χ3v) is 4.05. The number of amides is 1. The summed E-state index contributed by atoms with van der Waals surface area (Å²) < 4.78 is 27.9. The minimum Gasteiger partial charge on any atom is -0.350 e. The predicted molar refractivity (Wildman–Crippen MR) is 83.6 cm³/mol. The van der Waals surface area contributed by atoms with Gasteiger partial charge >= 0.3 is 0 Å². The zero-order valence-corrected chi connectivity index (χ0v) is 13.1. The quantitative estimate of drug-likeness (QED) is 0.868. The van der Waals surface area contributed by atoms with Crippen molar-refractivity contribution in [3.8, 4) is 0 Å². The van der Waals surface area contributed by atoms with Crippen molar-refractivity contribution in [2.24, 2.45) is 0 Å². The van der Waals surface area contributed by atoms with Gasteiger partial charge < -0.3 is 10.6 Å². The molecular weight excluding hydrogens is 316 g/mol. The molecule has 1 saturated heterocycles. The zero-order valence-electron chi connectivity index (χ0n) is 13.1. The molecule has 2 aromatic rings. The van der Waals surface area contributed by atoms with Crippen LogP contribution < -0.4 is 10.6 Å². The molecule has 2 N–H and O–H groups in total. The highest BCUT2D eigenvalue weighted by Gasteiger charge is 2.18. The number of carbonyl (C=O) groups is 1. The van der Waals surface area contributed by atoms with Crippen molar-refractivity contribution < 1.29 is 13.6 Å². The van der Waals surface area contributed by atoms with Gasteiger partial charge in [0.25, 0.3) is 5.91 Å². The standard InChI is InChI=1S/C16H19F2N5O/c17-12-7-11(8-13(18)9-12)1-6-20-16(24)15-10-23(22-21-15)14-2-4-19-5-3-14/h7-10,14,19H,1-6H2,(H,20,24). The fourth-order valence-corrected chi connectivity index (χ4v) is 2.80. The molecule has 0 saturated carbocycles. The maximum atomic E-state index is 13.1. The second-order valence-electron chi connectivity index (χ2n) is 5.85. The number of hydrogen-bond acceptors (Lipinski definition) is 4. The van der Waals surface area contributed by atoms with E-state index in [1.807, 2.05) is 0 Å². The van der Waals surface area contributed by atoms with Crippen LogP contribution in [0.4, 0.5) is 8.78 Å². The fraction of sp³-hybridized carbons (Fsp3) is 0.438. The molecule has 0 spiro atoms. The summed E-state index contributed by atoms with van der Waals surface area (Å²) in [6.07, 6.45) is 3.89. The van der Waals surface area contributed by atoms with Crippen molar-refractivity contribution in [2.45, 2.75) is 25.3 Å². The lowest BCUT2D eigenvalue weighted by Crippen LogP contribution is -2.29. The second-order valence-corrected chi connectivity index (χ2v) is 5.85. The molecule has 1 aromatic heterocycles. The smallest absolute Gasteiger partial charge is 0.273 e. The van der Waals surface area contributed by atoms with E-state index in [0.717, 1.165) is 32.0 Å². The maximum Gasteiger partial charge on any atom is 0.273 e. The molecule has 0 bridgehead atoms. The van der Waals surface area contributed by atoms with Crippen LogP contribution in [0.15, 0.2) is 24.4 Å². The Bertz CT molecular complexity index is 692. The molecule has 1 aromatic carbocycles. The van der Waals surface area contributed by atoms with Gasteiger partial charge in [0.05, 0.1) is 12.2 Å². The van der Waals surface area contributed by atoms with Crippen LogP contribution >= 0.6 is 0 Å². The molecule has 0 atom stereocenters. The van der Waals surface area contributed by atoms with Crippen LogP contribution in [0.5, 0.6) is 0 Å². The number of benzene rings is 1. The van der Waals surface area contributed by atoms with Crippen LogP contribution in [0.2, 0.25) is 0 Å². The van der Waals surface area contributed by atoms with Crippen molar-refractivity contribution in [3.05, 3.63) is 47.3 Å². The number of carbonyl (C=O) groups excluding carboxylic acids is 1. The Labute approximate surface area is 138 Å². The molecule has 1 amide bonds. The zero-order chi connectivity index (χ0) is 16.9. The lowest BCUT2D eigenvalue weighted by atomic mass is 10.1. The molecule has 1 aliphatic rings. The van der Waals surface area contributed by atoms with Crippen molar-refractivity contribution in [1.29, 1.82) is 0 Å². The first-order chi connectivity index (χ1) is 11.6. The molecule has 0 unspecified atom stereocenters. The van der Waals surface area contributed by atoms with E-state index in [2.05, 4.69) is 20.9 Å². The normalized spacial score (nSPS) is 15.4. The van der Waals surface area contributed by atoms with E-state index in [1.54, 1.807) is 10.9 Å². The number of aromatic nitrogens is 3. The molecule has 0 aliphatic carbocycles. The molecule has 128 valence electrons. The monoisotopic (exact) mass is 335 g/mol. The largest absolute Gasteiger partial charge is 0.350 e. The lowest BCUT2D eigenvalue weighted by Gasteiger charge is -2.22. The first-order valence-corrected chi connectivity index (χ1v) is 7.97. The summed E-state index contributed by atoms with van der Waals surface area (Å²) in [6.45, 7) is 2.12. The number of piperidine rings is 1. The van der Waals surface area contributed by atoms with Crippen LogP contribution in [0, 0.1) is 11.6 Å². The molecule has 1 fully saturated rings. The Hall–Kier alpha value is -2.35. The molecule has 6 nitrogen and oxygen atoms in total. The predicted octanol–water partition coefficient (Wildman–Crippen LogP) is 1.45. The van der Waals surface area contributed by atoms with Crippen LogP contribution in [-0.4, -0.2) is 40.5 Å².